The van der Waals surface area contributed by atoms with Crippen LogP contribution in [-0.2, 0) is 6.54 Å². The Kier molecular flexibility index (Phi) is 6.05. The second-order valence-electron chi connectivity index (χ2n) is 8.33. The highest BCUT2D eigenvalue weighted by Crippen LogP contribution is 2.31. The number of nitrogens with two attached hydrogens (primary N) is 1. The molecule has 10 heteroatoms. The van der Waals surface area contributed by atoms with Gasteiger partial charge in [-0.15, -0.1) is 0 Å². The van der Waals surface area contributed by atoms with Gasteiger partial charge in [0.25, 0.3) is 5.91 Å². The molecule has 3 aromatic heterocycles. The average Bonchev–Trinajstić information content (AvgIpc) is 3.50. The van der Waals surface area contributed by atoms with Crippen LogP contribution in [0.2, 0.25) is 0 Å². The summed E-state index contributed by atoms with van der Waals surface area (Å²) in [7, 11) is 0. The zero-order valence-corrected chi connectivity index (χ0v) is 18.5. The van der Waals surface area contributed by atoms with E-state index in [9.17, 15) is 9.18 Å². The quantitative estimate of drug-likeness (QED) is 0.407. The monoisotopic (exact) mass is 460 g/mol. The minimum absolute atomic E-state index is 0.0249. The number of pyridine rings is 1. The molecular weight excluding hydrogens is 435 g/mol. The third kappa shape index (κ3) is 4.67. The summed E-state index contributed by atoms with van der Waals surface area (Å²) in [5.41, 5.74) is 9.16. The lowest BCUT2D eigenvalue weighted by atomic mass is 10.1. The molecule has 1 aliphatic rings. The van der Waals surface area contributed by atoms with Crippen LogP contribution in [0.5, 0.6) is 0 Å². The smallest absolute Gasteiger partial charge is 0.291 e. The third-order valence-corrected chi connectivity index (χ3v) is 5.79. The topological polar surface area (TPSA) is 118 Å². The number of imidazole rings is 1. The Labute approximate surface area is 195 Å². The van der Waals surface area contributed by atoms with Crippen LogP contribution in [0.1, 0.15) is 29.2 Å². The van der Waals surface area contributed by atoms with Gasteiger partial charge < -0.3 is 20.9 Å². The molecule has 0 spiro atoms. The normalized spacial score (nSPS) is 15.9. The Balaban J connectivity index is 1.31. The highest BCUT2D eigenvalue weighted by atomic mass is 19.1. The number of nitrogens with zero attached hydrogens (tertiary/aromatic N) is 5. The lowest BCUT2D eigenvalue weighted by molar-refractivity contribution is 0.101. The Morgan fingerprint density at radius 2 is 2.12 bits per heavy atom. The highest BCUT2D eigenvalue weighted by molar-refractivity contribution is 6.04. The lowest BCUT2D eigenvalue weighted by Crippen LogP contribution is -2.43. The molecule has 1 aromatic carbocycles. The number of carbonyl (C=O) groups excluding carboxylic acids is 1. The first-order valence-electron chi connectivity index (χ1n) is 11.1. The predicted molar refractivity (Wildman–Crippen MR) is 127 cm³/mol. The molecule has 0 saturated carbocycles. The second kappa shape index (κ2) is 9.44. The molecule has 4 heterocycles. The number of piperidine rings is 1. The zero-order chi connectivity index (χ0) is 23.5. The van der Waals surface area contributed by atoms with Gasteiger partial charge in [-0.2, -0.15) is 5.10 Å². The van der Waals surface area contributed by atoms with Crippen molar-refractivity contribution in [1.82, 2.24) is 24.7 Å². The van der Waals surface area contributed by atoms with Gasteiger partial charge in [0, 0.05) is 37.1 Å². The van der Waals surface area contributed by atoms with E-state index < -0.39 is 11.7 Å². The maximum absolute atomic E-state index is 14.7. The molecule has 1 atom stereocenters. The van der Waals surface area contributed by atoms with Crippen molar-refractivity contribution in [2.75, 3.05) is 23.3 Å². The summed E-state index contributed by atoms with van der Waals surface area (Å²) >= 11 is 0. The molecule has 0 bridgehead atoms. The summed E-state index contributed by atoms with van der Waals surface area (Å²) in [6.45, 7) is 1.76. The fraction of sp³-hybridized carbons (Fsp3) is 0.250. The van der Waals surface area contributed by atoms with Crippen LogP contribution in [0.4, 0.5) is 15.8 Å². The highest BCUT2D eigenvalue weighted by Gasteiger charge is 2.23. The van der Waals surface area contributed by atoms with Crippen molar-refractivity contribution in [3.05, 3.63) is 78.5 Å². The van der Waals surface area contributed by atoms with Crippen molar-refractivity contribution in [1.29, 1.82) is 0 Å². The minimum Gasteiger partial charge on any atom is -0.366 e. The summed E-state index contributed by atoms with van der Waals surface area (Å²) < 4.78 is 16.5. The SMILES string of the molecule is N[C@@H]1CCCN(c2c(F)cccc2NC(=O)c2ncc(-c3cnn(Cc4ccccn4)c3)[nH]2)C1. The van der Waals surface area contributed by atoms with Crippen molar-refractivity contribution >= 4 is 17.3 Å². The number of amides is 1. The molecule has 4 aromatic rings. The molecule has 1 fully saturated rings. The van der Waals surface area contributed by atoms with Gasteiger partial charge in [-0.25, -0.2) is 9.37 Å². The standard InChI is InChI=1S/C24H25FN8O/c25-19-7-3-8-20(22(19)32-10-4-5-17(26)14-32)31-24(34)23-28-12-21(30-23)16-11-29-33(13-16)15-18-6-1-2-9-27-18/h1-3,6-9,11-13,17H,4-5,10,14-15,26H2,(H,28,30)(H,31,34)/t17-/m1/s1. The van der Waals surface area contributed by atoms with Crippen LogP contribution in [0.15, 0.2) is 61.2 Å². The number of anilines is 2. The number of para-hydroxylation sites is 1. The van der Waals surface area contributed by atoms with Gasteiger partial charge in [-0.3, -0.25) is 14.5 Å². The van der Waals surface area contributed by atoms with Gasteiger partial charge in [-0.1, -0.05) is 12.1 Å². The van der Waals surface area contributed by atoms with E-state index in [0.717, 1.165) is 24.1 Å². The Hall–Kier alpha value is -4.05. The number of halogens is 1. The van der Waals surface area contributed by atoms with E-state index in [0.29, 0.717) is 36.7 Å². The molecule has 4 N–H and O–H groups in total. The number of nitrogens with one attached hydrogen (secondary N) is 2. The summed E-state index contributed by atoms with van der Waals surface area (Å²) in [4.78, 5) is 26.4. The van der Waals surface area contributed by atoms with Crippen molar-refractivity contribution in [3.8, 4) is 11.3 Å². The van der Waals surface area contributed by atoms with E-state index in [-0.39, 0.29) is 11.9 Å². The molecule has 1 aliphatic heterocycles. The van der Waals surface area contributed by atoms with Crippen LogP contribution in [0, 0.1) is 5.82 Å². The van der Waals surface area contributed by atoms with Gasteiger partial charge >= 0.3 is 0 Å². The molecule has 1 amide bonds. The fourth-order valence-electron chi connectivity index (χ4n) is 4.16. The third-order valence-electron chi connectivity index (χ3n) is 5.79. The van der Waals surface area contributed by atoms with Gasteiger partial charge in [-0.05, 0) is 37.1 Å². The van der Waals surface area contributed by atoms with Crippen molar-refractivity contribution in [2.24, 2.45) is 5.73 Å². The van der Waals surface area contributed by atoms with Crippen LogP contribution < -0.4 is 16.0 Å². The maximum atomic E-state index is 14.7. The van der Waals surface area contributed by atoms with Crippen LogP contribution in [0.25, 0.3) is 11.3 Å². The van der Waals surface area contributed by atoms with Crippen molar-refractivity contribution < 1.29 is 9.18 Å². The van der Waals surface area contributed by atoms with E-state index in [2.05, 4.69) is 25.4 Å². The number of hydrogen-bond acceptors (Lipinski definition) is 6. The number of aromatic nitrogens is 5. The number of carbonyl (C=O) groups is 1. The van der Waals surface area contributed by atoms with E-state index in [1.807, 2.05) is 29.3 Å². The molecule has 0 aliphatic carbocycles. The number of aromatic amines is 1. The first-order chi connectivity index (χ1) is 16.6. The largest absolute Gasteiger partial charge is 0.366 e. The number of rotatable bonds is 6. The van der Waals surface area contributed by atoms with E-state index in [1.165, 1.54) is 6.07 Å². The first kappa shape index (κ1) is 21.8. The number of H-pyrrole nitrogens is 1. The first-order valence-corrected chi connectivity index (χ1v) is 11.1. The van der Waals surface area contributed by atoms with Crippen molar-refractivity contribution in [3.63, 3.8) is 0 Å². The molecular formula is C24H25FN8O. The Bertz CT molecular complexity index is 1290. The average molecular weight is 461 g/mol. The molecule has 174 valence electrons. The maximum Gasteiger partial charge on any atom is 0.291 e. The summed E-state index contributed by atoms with van der Waals surface area (Å²) in [6.07, 6.45) is 8.64. The van der Waals surface area contributed by atoms with Crippen LogP contribution >= 0.6 is 0 Å². The summed E-state index contributed by atoms with van der Waals surface area (Å²) in [5, 5.41) is 7.16. The van der Waals surface area contributed by atoms with E-state index in [1.54, 1.807) is 35.4 Å². The summed E-state index contributed by atoms with van der Waals surface area (Å²) in [6, 6.07) is 10.3. The molecule has 34 heavy (non-hydrogen) atoms. The van der Waals surface area contributed by atoms with Crippen LogP contribution in [0.3, 0.4) is 0 Å². The van der Waals surface area contributed by atoms with Gasteiger partial charge in [0.15, 0.2) is 5.82 Å². The van der Waals surface area contributed by atoms with Crippen LogP contribution in [-0.4, -0.2) is 49.8 Å². The van der Waals surface area contributed by atoms with E-state index >= 15 is 0 Å². The fourth-order valence-corrected chi connectivity index (χ4v) is 4.16. The predicted octanol–water partition coefficient (Wildman–Crippen LogP) is 3.04. The molecule has 0 radical (unpaired) electrons. The molecule has 5 rings (SSSR count). The number of hydrogen-bond donors (Lipinski definition) is 3. The van der Waals surface area contributed by atoms with Gasteiger partial charge in [0.05, 0.1) is 41.7 Å². The second-order valence-corrected chi connectivity index (χ2v) is 8.33. The van der Waals surface area contributed by atoms with Gasteiger partial charge in [0.2, 0.25) is 0 Å². The Morgan fingerprint density at radius 1 is 1.21 bits per heavy atom. The molecule has 9 nitrogen and oxygen atoms in total. The minimum atomic E-state index is -0.458. The number of benzene rings is 1. The summed E-state index contributed by atoms with van der Waals surface area (Å²) in [5.74, 6) is -0.731. The van der Waals surface area contributed by atoms with E-state index in [4.69, 9.17) is 5.73 Å². The molecule has 0 unspecified atom stereocenters. The van der Waals surface area contributed by atoms with Crippen molar-refractivity contribution in [2.45, 2.75) is 25.4 Å². The Morgan fingerprint density at radius 3 is 2.94 bits per heavy atom. The molecule has 1 saturated heterocycles. The lowest BCUT2D eigenvalue weighted by Gasteiger charge is -2.34. The zero-order valence-electron chi connectivity index (χ0n) is 18.5. The van der Waals surface area contributed by atoms with Gasteiger partial charge in [0.1, 0.15) is 5.82 Å².